The van der Waals surface area contributed by atoms with Gasteiger partial charge in [0.1, 0.15) is 0 Å². The number of carbonyl (C=O) groups excluding carboxylic acids is 1. The molecule has 0 aromatic heterocycles. The molecule has 0 atom stereocenters. The molecule has 1 saturated heterocycles. The summed E-state index contributed by atoms with van der Waals surface area (Å²) >= 11 is 0. The van der Waals surface area contributed by atoms with E-state index in [1.807, 2.05) is 0 Å². The molecule has 1 aliphatic rings. The lowest BCUT2D eigenvalue weighted by Gasteiger charge is -2.37. The number of hydrogen-bond donors (Lipinski definition) is 1. The molecular formula is C13H18N2O3S. The van der Waals surface area contributed by atoms with Crippen LogP contribution in [-0.4, -0.2) is 42.8 Å². The molecule has 1 amide bonds. The Morgan fingerprint density at radius 2 is 2.05 bits per heavy atom. The SMILES string of the molecule is CC1(C)CN(C(=O)c2cccc(N)c2)CCS1(=O)=O. The fourth-order valence-corrected chi connectivity index (χ4v) is 3.54. The number of nitrogens with two attached hydrogens (primary N) is 1. The van der Waals surface area contributed by atoms with E-state index in [2.05, 4.69) is 0 Å². The Hall–Kier alpha value is -1.56. The van der Waals surface area contributed by atoms with Gasteiger partial charge in [0.05, 0.1) is 10.5 Å². The average Bonchev–Trinajstić information content (AvgIpc) is 2.32. The van der Waals surface area contributed by atoms with Crippen LogP contribution in [-0.2, 0) is 9.84 Å². The Balaban J connectivity index is 2.23. The maximum absolute atomic E-state index is 12.3. The van der Waals surface area contributed by atoms with Crippen molar-refractivity contribution in [3.8, 4) is 0 Å². The first-order valence-electron chi connectivity index (χ1n) is 6.10. The van der Waals surface area contributed by atoms with Gasteiger partial charge < -0.3 is 10.6 Å². The third-order valence-corrected chi connectivity index (χ3v) is 6.00. The van der Waals surface area contributed by atoms with Crippen molar-refractivity contribution in [3.05, 3.63) is 29.8 Å². The predicted octanol–water partition coefficient (Wildman–Crippen LogP) is 0.918. The molecule has 1 aliphatic heterocycles. The predicted molar refractivity (Wildman–Crippen MR) is 74.6 cm³/mol. The van der Waals surface area contributed by atoms with Crippen molar-refractivity contribution >= 4 is 21.4 Å². The van der Waals surface area contributed by atoms with Crippen molar-refractivity contribution in [3.63, 3.8) is 0 Å². The Labute approximate surface area is 113 Å². The van der Waals surface area contributed by atoms with Crippen molar-refractivity contribution in [2.24, 2.45) is 0 Å². The summed E-state index contributed by atoms with van der Waals surface area (Å²) in [6.07, 6.45) is 0. The standard InChI is InChI=1S/C13H18N2O3S/c1-13(2)9-15(6-7-19(13,17)18)12(16)10-4-3-5-11(14)8-10/h3-5,8H,6-7,9,14H2,1-2H3. The number of rotatable bonds is 1. The third kappa shape index (κ3) is 2.58. The minimum absolute atomic E-state index is 0.00799. The van der Waals surface area contributed by atoms with Gasteiger partial charge in [-0.15, -0.1) is 0 Å². The van der Waals surface area contributed by atoms with Crippen LogP contribution in [0.3, 0.4) is 0 Å². The van der Waals surface area contributed by atoms with Gasteiger partial charge in [0.2, 0.25) is 0 Å². The molecule has 2 N–H and O–H groups in total. The zero-order valence-corrected chi connectivity index (χ0v) is 11.9. The highest BCUT2D eigenvalue weighted by Gasteiger charge is 2.41. The zero-order chi connectivity index (χ0) is 14.3. The van der Waals surface area contributed by atoms with E-state index in [1.165, 1.54) is 0 Å². The molecule has 6 heteroatoms. The average molecular weight is 282 g/mol. The molecular weight excluding hydrogens is 264 g/mol. The maximum Gasteiger partial charge on any atom is 0.254 e. The molecule has 2 rings (SSSR count). The molecule has 1 heterocycles. The van der Waals surface area contributed by atoms with Crippen LogP contribution in [0.15, 0.2) is 24.3 Å². The van der Waals surface area contributed by atoms with Crippen molar-refractivity contribution in [1.82, 2.24) is 4.90 Å². The lowest BCUT2D eigenvalue weighted by Crippen LogP contribution is -2.54. The van der Waals surface area contributed by atoms with E-state index in [4.69, 9.17) is 5.73 Å². The second kappa shape index (κ2) is 4.52. The number of amides is 1. The first-order chi connectivity index (χ1) is 8.73. The monoisotopic (exact) mass is 282 g/mol. The lowest BCUT2D eigenvalue weighted by atomic mass is 10.1. The molecule has 0 bridgehead atoms. The Kier molecular flexibility index (Phi) is 3.30. The molecule has 1 aromatic rings. The minimum atomic E-state index is -3.14. The topological polar surface area (TPSA) is 80.5 Å². The van der Waals surface area contributed by atoms with E-state index in [-0.39, 0.29) is 24.7 Å². The first-order valence-corrected chi connectivity index (χ1v) is 7.75. The lowest BCUT2D eigenvalue weighted by molar-refractivity contribution is 0.0743. The Morgan fingerprint density at radius 3 is 2.63 bits per heavy atom. The highest BCUT2D eigenvalue weighted by molar-refractivity contribution is 7.92. The van der Waals surface area contributed by atoms with E-state index < -0.39 is 14.6 Å². The fraction of sp³-hybridized carbons (Fsp3) is 0.462. The quantitative estimate of drug-likeness (QED) is 0.777. The molecule has 0 saturated carbocycles. The molecule has 1 fully saturated rings. The smallest absolute Gasteiger partial charge is 0.254 e. The molecule has 0 radical (unpaired) electrons. The first kappa shape index (κ1) is 13.9. The summed E-state index contributed by atoms with van der Waals surface area (Å²) in [5.74, 6) is -0.163. The summed E-state index contributed by atoms with van der Waals surface area (Å²) in [4.78, 5) is 13.9. The van der Waals surface area contributed by atoms with E-state index >= 15 is 0 Å². The van der Waals surface area contributed by atoms with Gasteiger partial charge in [-0.3, -0.25) is 4.79 Å². The van der Waals surface area contributed by atoms with Crippen LogP contribution < -0.4 is 5.73 Å². The number of nitrogen functional groups attached to an aromatic ring is 1. The Bertz CT molecular complexity index is 608. The third-order valence-electron chi connectivity index (χ3n) is 3.46. The highest BCUT2D eigenvalue weighted by Crippen LogP contribution is 2.25. The van der Waals surface area contributed by atoms with Crippen LogP contribution in [0, 0.1) is 0 Å². The van der Waals surface area contributed by atoms with E-state index in [9.17, 15) is 13.2 Å². The number of hydrogen-bond acceptors (Lipinski definition) is 4. The van der Waals surface area contributed by atoms with Gasteiger partial charge in [-0.1, -0.05) is 6.07 Å². The van der Waals surface area contributed by atoms with Crippen LogP contribution in [0.1, 0.15) is 24.2 Å². The van der Waals surface area contributed by atoms with E-state index in [0.29, 0.717) is 11.3 Å². The summed E-state index contributed by atoms with van der Waals surface area (Å²) in [5.41, 5.74) is 6.67. The summed E-state index contributed by atoms with van der Waals surface area (Å²) in [6.45, 7) is 3.75. The molecule has 19 heavy (non-hydrogen) atoms. The molecule has 0 unspecified atom stereocenters. The van der Waals surface area contributed by atoms with Crippen LogP contribution >= 0.6 is 0 Å². The number of nitrogens with zero attached hydrogens (tertiary/aromatic N) is 1. The van der Waals surface area contributed by atoms with Crippen LogP contribution in [0.5, 0.6) is 0 Å². The highest BCUT2D eigenvalue weighted by atomic mass is 32.2. The molecule has 5 nitrogen and oxygen atoms in total. The summed E-state index contributed by atoms with van der Waals surface area (Å²) in [7, 11) is -3.14. The maximum atomic E-state index is 12.3. The summed E-state index contributed by atoms with van der Waals surface area (Å²) < 4.78 is 22.9. The van der Waals surface area contributed by atoms with Gasteiger partial charge >= 0.3 is 0 Å². The summed E-state index contributed by atoms with van der Waals surface area (Å²) in [6, 6.07) is 6.73. The molecule has 1 aromatic carbocycles. The number of anilines is 1. The normalized spacial score (nSPS) is 21.1. The number of sulfone groups is 1. The van der Waals surface area contributed by atoms with Gasteiger partial charge in [-0.2, -0.15) is 0 Å². The van der Waals surface area contributed by atoms with Gasteiger partial charge in [0, 0.05) is 24.3 Å². The fourth-order valence-electron chi connectivity index (χ4n) is 2.17. The van der Waals surface area contributed by atoms with Crippen molar-refractivity contribution in [1.29, 1.82) is 0 Å². The van der Waals surface area contributed by atoms with Gasteiger partial charge in [0.15, 0.2) is 9.84 Å². The van der Waals surface area contributed by atoms with Crippen molar-refractivity contribution < 1.29 is 13.2 Å². The van der Waals surface area contributed by atoms with Crippen LogP contribution in [0.2, 0.25) is 0 Å². The van der Waals surface area contributed by atoms with Gasteiger partial charge in [0.25, 0.3) is 5.91 Å². The van der Waals surface area contributed by atoms with Gasteiger partial charge in [-0.25, -0.2) is 8.42 Å². The zero-order valence-electron chi connectivity index (χ0n) is 11.1. The second-order valence-electron chi connectivity index (χ2n) is 5.43. The van der Waals surface area contributed by atoms with Crippen molar-refractivity contribution in [2.45, 2.75) is 18.6 Å². The van der Waals surface area contributed by atoms with Crippen molar-refractivity contribution in [2.75, 3.05) is 24.6 Å². The largest absolute Gasteiger partial charge is 0.399 e. The van der Waals surface area contributed by atoms with Crippen LogP contribution in [0.25, 0.3) is 0 Å². The number of benzene rings is 1. The molecule has 0 aliphatic carbocycles. The van der Waals surface area contributed by atoms with E-state index in [1.54, 1.807) is 43.0 Å². The van der Waals surface area contributed by atoms with Gasteiger partial charge in [-0.05, 0) is 32.0 Å². The van der Waals surface area contributed by atoms with Crippen LogP contribution in [0.4, 0.5) is 5.69 Å². The number of carbonyl (C=O) groups is 1. The molecule has 104 valence electrons. The molecule has 0 spiro atoms. The second-order valence-corrected chi connectivity index (χ2v) is 8.17. The minimum Gasteiger partial charge on any atom is -0.399 e. The summed E-state index contributed by atoms with van der Waals surface area (Å²) in [5, 5.41) is 0. The Morgan fingerprint density at radius 1 is 1.37 bits per heavy atom. The van der Waals surface area contributed by atoms with E-state index in [0.717, 1.165) is 0 Å².